The molecule has 41 heavy (non-hydrogen) atoms. The number of anilines is 1. The Hall–Kier alpha value is -4.32. The summed E-state index contributed by atoms with van der Waals surface area (Å²) in [5, 5.41) is 8.34. The fourth-order valence-corrected chi connectivity index (χ4v) is 4.57. The maximum Gasteiger partial charge on any atom is 0.387 e. The number of halogens is 2. The van der Waals surface area contributed by atoms with Crippen LogP contribution in [0.1, 0.15) is 55.1 Å². The van der Waals surface area contributed by atoms with Crippen molar-refractivity contribution in [1.29, 1.82) is 0 Å². The first-order valence-corrected chi connectivity index (χ1v) is 13.2. The van der Waals surface area contributed by atoms with E-state index in [9.17, 15) is 23.2 Å². The molecule has 2 aromatic rings. The Bertz CT molecular complexity index is 1370. The molecule has 2 aromatic carbocycles. The highest BCUT2D eigenvalue weighted by Gasteiger charge is 2.40. The van der Waals surface area contributed by atoms with Gasteiger partial charge < -0.3 is 24.8 Å². The zero-order chi connectivity index (χ0) is 30.3. The number of thiocarbonyl (C=S) groups is 1. The number of esters is 2. The summed E-state index contributed by atoms with van der Waals surface area (Å²) >= 11 is 5.31. The van der Waals surface area contributed by atoms with Gasteiger partial charge >= 0.3 is 18.6 Å². The Morgan fingerprint density at radius 3 is 2.00 bits per heavy atom. The average molecular weight is 588 g/mol. The van der Waals surface area contributed by atoms with E-state index in [0.717, 1.165) is 5.56 Å². The number of allylic oxidation sites excluding steroid dienone is 2. The van der Waals surface area contributed by atoms with Gasteiger partial charge in [-0.05, 0) is 77.2 Å². The molecular formula is C29H31F2N3O6S. The summed E-state index contributed by atoms with van der Waals surface area (Å²) in [6, 6.07) is 10.9. The number of aryl methyl sites for hydroxylation is 1. The number of dihydropyridines is 1. The molecule has 12 heteroatoms. The molecule has 218 valence electrons. The van der Waals surface area contributed by atoms with Crippen molar-refractivity contribution in [2.45, 2.75) is 47.1 Å². The van der Waals surface area contributed by atoms with Crippen molar-refractivity contribution in [3.05, 3.63) is 81.7 Å². The smallest absolute Gasteiger partial charge is 0.387 e. The summed E-state index contributed by atoms with van der Waals surface area (Å²) in [5.41, 5.74) is 2.46. The van der Waals surface area contributed by atoms with Crippen LogP contribution in [0.2, 0.25) is 0 Å². The summed E-state index contributed by atoms with van der Waals surface area (Å²) < 4.78 is 42.3. The van der Waals surface area contributed by atoms with Gasteiger partial charge in [0.05, 0.1) is 30.3 Å². The van der Waals surface area contributed by atoms with Crippen molar-refractivity contribution >= 4 is 40.9 Å². The number of rotatable bonds is 9. The number of carbonyl (C=O) groups is 3. The standard InChI is InChI=1S/C29H31F2N3O6S/c1-6-38-26(36)22-16(4)32-17(5)23(27(37)39-7-2)24(22)20-14-19(12-13-21(20)40-28(30)31)33-29(41)34-25(35)18-10-8-15(3)9-11-18/h8-14,24,28,32H,6-7H2,1-5H3,(H2,33,34,35,41). The third-order valence-electron chi connectivity index (χ3n) is 6.09. The molecule has 1 aliphatic rings. The number of nitrogens with one attached hydrogen (secondary N) is 3. The third-order valence-corrected chi connectivity index (χ3v) is 6.29. The molecule has 0 radical (unpaired) electrons. The van der Waals surface area contributed by atoms with Gasteiger partial charge in [0.15, 0.2) is 5.11 Å². The van der Waals surface area contributed by atoms with Crippen molar-refractivity contribution < 1.29 is 37.4 Å². The predicted molar refractivity (Wildman–Crippen MR) is 152 cm³/mol. The first-order valence-electron chi connectivity index (χ1n) is 12.8. The molecule has 0 atom stereocenters. The SMILES string of the molecule is CCOC(=O)C1=C(C)NC(C)=C(C(=O)OCC)C1c1cc(NC(=S)NC(=O)c2ccc(C)cc2)ccc1OC(F)F. The van der Waals surface area contributed by atoms with E-state index < -0.39 is 30.4 Å². The number of benzene rings is 2. The van der Waals surface area contributed by atoms with Crippen LogP contribution in [0.25, 0.3) is 0 Å². The number of hydrogen-bond donors (Lipinski definition) is 3. The second kappa shape index (κ2) is 13.8. The minimum absolute atomic E-state index is 0.0204. The molecular weight excluding hydrogens is 556 g/mol. The van der Waals surface area contributed by atoms with Crippen molar-refractivity contribution in [2.24, 2.45) is 0 Å². The third kappa shape index (κ3) is 7.66. The highest BCUT2D eigenvalue weighted by molar-refractivity contribution is 7.80. The molecule has 0 bridgehead atoms. The molecule has 0 aliphatic carbocycles. The fraction of sp³-hybridized carbons (Fsp3) is 0.310. The topological polar surface area (TPSA) is 115 Å². The summed E-state index contributed by atoms with van der Waals surface area (Å²) in [6.07, 6.45) is 0. The van der Waals surface area contributed by atoms with E-state index in [1.165, 1.54) is 18.2 Å². The molecule has 1 heterocycles. The monoisotopic (exact) mass is 587 g/mol. The lowest BCUT2D eigenvalue weighted by atomic mass is 9.79. The Morgan fingerprint density at radius 2 is 1.49 bits per heavy atom. The minimum atomic E-state index is -3.20. The van der Waals surface area contributed by atoms with Gasteiger partial charge in [-0.25, -0.2) is 9.59 Å². The lowest BCUT2D eigenvalue weighted by Gasteiger charge is -2.31. The van der Waals surface area contributed by atoms with Gasteiger partial charge in [0, 0.05) is 28.2 Å². The highest BCUT2D eigenvalue weighted by atomic mass is 32.1. The number of carbonyl (C=O) groups excluding carboxylic acids is 3. The molecule has 3 N–H and O–H groups in total. The van der Waals surface area contributed by atoms with E-state index in [2.05, 4.69) is 16.0 Å². The molecule has 0 spiro atoms. The minimum Gasteiger partial charge on any atom is -0.463 e. The highest BCUT2D eigenvalue weighted by Crippen LogP contribution is 2.44. The van der Waals surface area contributed by atoms with Crippen LogP contribution in [0.4, 0.5) is 14.5 Å². The van der Waals surface area contributed by atoms with E-state index in [-0.39, 0.29) is 46.5 Å². The molecule has 1 aliphatic heterocycles. The van der Waals surface area contributed by atoms with E-state index in [0.29, 0.717) is 17.0 Å². The number of hydrogen-bond acceptors (Lipinski definition) is 8. The van der Waals surface area contributed by atoms with Gasteiger partial charge in [-0.1, -0.05) is 17.7 Å². The van der Waals surface area contributed by atoms with Gasteiger partial charge in [0.1, 0.15) is 5.75 Å². The fourth-order valence-electron chi connectivity index (χ4n) is 4.36. The molecule has 0 saturated heterocycles. The largest absolute Gasteiger partial charge is 0.463 e. The van der Waals surface area contributed by atoms with Crippen LogP contribution in [0.3, 0.4) is 0 Å². The second-order valence-corrected chi connectivity index (χ2v) is 9.39. The molecule has 0 fully saturated rings. The molecule has 3 rings (SSSR count). The van der Waals surface area contributed by atoms with Crippen LogP contribution in [0, 0.1) is 6.92 Å². The van der Waals surface area contributed by atoms with Gasteiger partial charge in [-0.3, -0.25) is 10.1 Å². The summed E-state index contributed by atoms with van der Waals surface area (Å²) in [7, 11) is 0. The van der Waals surface area contributed by atoms with Crippen molar-refractivity contribution in [2.75, 3.05) is 18.5 Å². The normalized spacial score (nSPS) is 13.5. The quantitative estimate of drug-likeness (QED) is 0.273. The van der Waals surface area contributed by atoms with Crippen LogP contribution in [0.15, 0.2) is 65.0 Å². The zero-order valence-electron chi connectivity index (χ0n) is 23.2. The van der Waals surface area contributed by atoms with Crippen LogP contribution in [0.5, 0.6) is 5.75 Å². The summed E-state index contributed by atoms with van der Waals surface area (Å²) in [6.45, 7) is 5.22. The Kier molecular flexibility index (Phi) is 10.5. The lowest BCUT2D eigenvalue weighted by molar-refractivity contribution is -0.139. The molecule has 0 aromatic heterocycles. The second-order valence-electron chi connectivity index (χ2n) is 8.98. The Balaban J connectivity index is 2.08. The number of amides is 1. The van der Waals surface area contributed by atoms with Gasteiger partial charge in [0.2, 0.25) is 0 Å². The maximum atomic E-state index is 13.5. The van der Waals surface area contributed by atoms with Gasteiger partial charge in [-0.2, -0.15) is 8.78 Å². The van der Waals surface area contributed by atoms with Crippen molar-refractivity contribution in [1.82, 2.24) is 10.6 Å². The van der Waals surface area contributed by atoms with Crippen LogP contribution in [-0.4, -0.2) is 42.8 Å². The first-order chi connectivity index (χ1) is 19.5. The predicted octanol–water partition coefficient (Wildman–Crippen LogP) is 5.08. The lowest BCUT2D eigenvalue weighted by Crippen LogP contribution is -2.34. The Labute approximate surface area is 241 Å². The average Bonchev–Trinajstić information content (AvgIpc) is 2.89. The molecule has 1 amide bonds. The van der Waals surface area contributed by atoms with Crippen LogP contribution < -0.4 is 20.7 Å². The van der Waals surface area contributed by atoms with Crippen LogP contribution in [-0.2, 0) is 19.1 Å². The van der Waals surface area contributed by atoms with Gasteiger partial charge in [0.25, 0.3) is 5.91 Å². The molecule has 0 saturated carbocycles. The zero-order valence-corrected chi connectivity index (χ0v) is 24.0. The van der Waals surface area contributed by atoms with Crippen molar-refractivity contribution in [3.8, 4) is 5.75 Å². The van der Waals surface area contributed by atoms with E-state index in [1.807, 2.05) is 6.92 Å². The van der Waals surface area contributed by atoms with Crippen molar-refractivity contribution in [3.63, 3.8) is 0 Å². The molecule has 0 unspecified atom stereocenters. The maximum absolute atomic E-state index is 13.5. The summed E-state index contributed by atoms with van der Waals surface area (Å²) in [5.74, 6) is -3.43. The Morgan fingerprint density at radius 1 is 0.927 bits per heavy atom. The number of alkyl halides is 2. The van der Waals surface area contributed by atoms with Gasteiger partial charge in [-0.15, -0.1) is 0 Å². The molecule has 9 nitrogen and oxygen atoms in total. The number of ether oxygens (including phenoxy) is 3. The summed E-state index contributed by atoms with van der Waals surface area (Å²) in [4.78, 5) is 38.9. The van der Waals surface area contributed by atoms with E-state index in [1.54, 1.807) is 52.0 Å². The van der Waals surface area contributed by atoms with Crippen LogP contribution >= 0.6 is 12.2 Å². The first kappa shape index (κ1) is 31.2. The van der Waals surface area contributed by atoms with E-state index >= 15 is 0 Å². The van der Waals surface area contributed by atoms with E-state index in [4.69, 9.17) is 26.4 Å².